The number of aryl methyl sites for hydroxylation is 1. The fourth-order valence-electron chi connectivity index (χ4n) is 3.47. The molecular weight excluding hydrogens is 356 g/mol. The van der Waals surface area contributed by atoms with E-state index in [1.54, 1.807) is 4.68 Å². The number of fused-ring (bicyclic) bond motifs is 1. The SMILES string of the molecule is CC(C)Oc1cc(N2CCN(C(=O)c3nn(C)c4ccccc34)CC2)ncn1. The molecule has 0 atom stereocenters. The van der Waals surface area contributed by atoms with Gasteiger partial charge in [0.25, 0.3) is 5.91 Å². The Kier molecular flexibility index (Phi) is 4.85. The minimum Gasteiger partial charge on any atom is -0.475 e. The molecule has 0 saturated carbocycles. The number of anilines is 1. The predicted molar refractivity (Wildman–Crippen MR) is 107 cm³/mol. The molecule has 0 N–H and O–H groups in total. The third-order valence-electron chi connectivity index (χ3n) is 4.84. The van der Waals surface area contributed by atoms with Crippen LogP contribution in [0.15, 0.2) is 36.7 Å². The highest BCUT2D eigenvalue weighted by atomic mass is 16.5. The van der Waals surface area contributed by atoms with Crippen LogP contribution in [0.4, 0.5) is 5.82 Å². The van der Waals surface area contributed by atoms with E-state index in [0.717, 1.165) is 16.7 Å². The summed E-state index contributed by atoms with van der Waals surface area (Å²) in [5, 5.41) is 5.35. The molecule has 2 aromatic heterocycles. The van der Waals surface area contributed by atoms with E-state index in [1.807, 2.05) is 56.1 Å². The molecule has 1 aliphatic rings. The average Bonchev–Trinajstić information content (AvgIpc) is 3.04. The summed E-state index contributed by atoms with van der Waals surface area (Å²) < 4.78 is 7.41. The van der Waals surface area contributed by atoms with Gasteiger partial charge in [-0.05, 0) is 19.9 Å². The molecule has 0 spiro atoms. The van der Waals surface area contributed by atoms with Gasteiger partial charge in [-0.15, -0.1) is 0 Å². The summed E-state index contributed by atoms with van der Waals surface area (Å²) in [6, 6.07) is 9.66. The molecule has 1 fully saturated rings. The monoisotopic (exact) mass is 380 g/mol. The summed E-state index contributed by atoms with van der Waals surface area (Å²) in [6.07, 6.45) is 1.58. The van der Waals surface area contributed by atoms with Crippen molar-refractivity contribution in [3.05, 3.63) is 42.4 Å². The average molecular weight is 380 g/mol. The van der Waals surface area contributed by atoms with Gasteiger partial charge in [-0.1, -0.05) is 18.2 Å². The summed E-state index contributed by atoms with van der Waals surface area (Å²) in [4.78, 5) is 25.6. The van der Waals surface area contributed by atoms with E-state index in [0.29, 0.717) is 37.8 Å². The van der Waals surface area contributed by atoms with Crippen molar-refractivity contribution >= 4 is 22.6 Å². The Bertz CT molecular complexity index is 991. The lowest BCUT2D eigenvalue weighted by Crippen LogP contribution is -2.49. The van der Waals surface area contributed by atoms with E-state index in [9.17, 15) is 4.79 Å². The highest BCUT2D eigenvalue weighted by Gasteiger charge is 2.26. The second-order valence-electron chi connectivity index (χ2n) is 7.15. The predicted octanol–water partition coefficient (Wildman–Crippen LogP) is 2.11. The molecule has 1 aromatic carbocycles. The number of ether oxygens (including phenoxy) is 1. The molecule has 146 valence electrons. The van der Waals surface area contributed by atoms with Crippen LogP contribution in [-0.2, 0) is 7.05 Å². The molecule has 8 nitrogen and oxygen atoms in total. The van der Waals surface area contributed by atoms with Crippen molar-refractivity contribution in [1.82, 2.24) is 24.6 Å². The van der Waals surface area contributed by atoms with Crippen LogP contribution in [0.25, 0.3) is 10.9 Å². The van der Waals surface area contributed by atoms with E-state index in [4.69, 9.17) is 4.74 Å². The zero-order chi connectivity index (χ0) is 19.7. The minimum atomic E-state index is -0.0250. The number of hydrogen-bond donors (Lipinski definition) is 0. The quantitative estimate of drug-likeness (QED) is 0.690. The fraction of sp³-hybridized carbons (Fsp3) is 0.400. The Balaban J connectivity index is 1.46. The molecule has 1 saturated heterocycles. The second-order valence-corrected chi connectivity index (χ2v) is 7.15. The molecule has 3 heterocycles. The highest BCUT2D eigenvalue weighted by Crippen LogP contribution is 2.22. The second kappa shape index (κ2) is 7.46. The van der Waals surface area contributed by atoms with Crippen molar-refractivity contribution in [2.24, 2.45) is 7.05 Å². The van der Waals surface area contributed by atoms with Gasteiger partial charge in [-0.2, -0.15) is 5.10 Å². The van der Waals surface area contributed by atoms with Crippen LogP contribution in [0.3, 0.4) is 0 Å². The summed E-state index contributed by atoms with van der Waals surface area (Å²) >= 11 is 0. The maximum atomic E-state index is 13.0. The van der Waals surface area contributed by atoms with Gasteiger partial charge in [0.2, 0.25) is 5.88 Å². The first-order valence-electron chi connectivity index (χ1n) is 9.47. The zero-order valence-electron chi connectivity index (χ0n) is 16.4. The van der Waals surface area contributed by atoms with Crippen molar-refractivity contribution in [3.63, 3.8) is 0 Å². The van der Waals surface area contributed by atoms with Crippen molar-refractivity contribution < 1.29 is 9.53 Å². The number of carbonyl (C=O) groups excluding carboxylic acids is 1. The number of para-hydroxylation sites is 1. The van der Waals surface area contributed by atoms with Gasteiger partial charge in [-0.25, -0.2) is 9.97 Å². The van der Waals surface area contributed by atoms with Crippen molar-refractivity contribution in [2.75, 3.05) is 31.1 Å². The van der Waals surface area contributed by atoms with Crippen LogP contribution in [0.5, 0.6) is 5.88 Å². The maximum Gasteiger partial charge on any atom is 0.275 e. The number of nitrogens with zero attached hydrogens (tertiary/aromatic N) is 6. The fourth-order valence-corrected chi connectivity index (χ4v) is 3.47. The van der Waals surface area contributed by atoms with Crippen LogP contribution < -0.4 is 9.64 Å². The van der Waals surface area contributed by atoms with Gasteiger partial charge in [-0.3, -0.25) is 9.48 Å². The van der Waals surface area contributed by atoms with Crippen molar-refractivity contribution in [2.45, 2.75) is 20.0 Å². The van der Waals surface area contributed by atoms with Crippen LogP contribution >= 0.6 is 0 Å². The van der Waals surface area contributed by atoms with E-state index in [2.05, 4.69) is 20.0 Å². The first-order valence-corrected chi connectivity index (χ1v) is 9.47. The summed E-state index contributed by atoms with van der Waals surface area (Å²) in [7, 11) is 1.86. The third kappa shape index (κ3) is 3.49. The molecule has 3 aromatic rings. The number of benzene rings is 1. The Morgan fingerprint density at radius 1 is 1.11 bits per heavy atom. The van der Waals surface area contributed by atoms with E-state index < -0.39 is 0 Å². The van der Waals surface area contributed by atoms with E-state index in [1.165, 1.54) is 6.33 Å². The first kappa shape index (κ1) is 18.2. The Labute approximate surface area is 163 Å². The topological polar surface area (TPSA) is 76.4 Å². The van der Waals surface area contributed by atoms with Gasteiger partial charge in [0.05, 0.1) is 11.6 Å². The van der Waals surface area contributed by atoms with Gasteiger partial charge >= 0.3 is 0 Å². The number of hydrogen-bond acceptors (Lipinski definition) is 6. The minimum absolute atomic E-state index is 0.0250. The number of carbonyl (C=O) groups is 1. The molecule has 0 unspecified atom stereocenters. The summed E-state index contributed by atoms with van der Waals surface area (Å²) in [6.45, 7) is 6.58. The number of aromatic nitrogens is 4. The molecule has 1 amide bonds. The lowest BCUT2D eigenvalue weighted by Gasteiger charge is -2.35. The molecule has 1 aliphatic heterocycles. The largest absolute Gasteiger partial charge is 0.475 e. The van der Waals surface area contributed by atoms with Gasteiger partial charge in [0.1, 0.15) is 12.1 Å². The van der Waals surface area contributed by atoms with Crippen molar-refractivity contribution in [1.29, 1.82) is 0 Å². The Hall–Kier alpha value is -3.16. The van der Waals surface area contributed by atoms with Crippen LogP contribution in [0.2, 0.25) is 0 Å². The zero-order valence-corrected chi connectivity index (χ0v) is 16.4. The molecule has 0 bridgehead atoms. The van der Waals surface area contributed by atoms with Crippen LogP contribution in [-0.4, -0.2) is 62.8 Å². The lowest BCUT2D eigenvalue weighted by molar-refractivity contribution is 0.0741. The van der Waals surface area contributed by atoms with E-state index in [-0.39, 0.29) is 12.0 Å². The van der Waals surface area contributed by atoms with E-state index >= 15 is 0 Å². The Morgan fingerprint density at radius 3 is 2.61 bits per heavy atom. The first-order chi connectivity index (χ1) is 13.5. The normalized spacial score (nSPS) is 14.7. The molecule has 4 rings (SSSR count). The van der Waals surface area contributed by atoms with Crippen LogP contribution in [0.1, 0.15) is 24.3 Å². The lowest BCUT2D eigenvalue weighted by atomic mass is 10.2. The molecular formula is C20H24N6O2. The number of amides is 1. The van der Waals surface area contributed by atoms with Gasteiger partial charge in [0.15, 0.2) is 5.69 Å². The number of rotatable bonds is 4. The summed E-state index contributed by atoms with van der Waals surface area (Å²) in [5.41, 5.74) is 1.48. The number of piperazine rings is 1. The third-order valence-corrected chi connectivity index (χ3v) is 4.84. The smallest absolute Gasteiger partial charge is 0.275 e. The molecule has 8 heteroatoms. The standard InChI is InChI=1S/C20H24N6O2/c1-14(2)28-18-12-17(21-13-22-18)25-8-10-26(11-9-25)20(27)19-15-6-4-5-7-16(15)24(3)23-19/h4-7,12-14H,8-11H2,1-3H3. The van der Waals surface area contributed by atoms with Gasteiger partial charge in [0, 0.05) is 44.7 Å². The Morgan fingerprint density at radius 2 is 1.86 bits per heavy atom. The highest BCUT2D eigenvalue weighted by molar-refractivity contribution is 6.04. The molecule has 28 heavy (non-hydrogen) atoms. The molecule has 0 radical (unpaired) electrons. The maximum absolute atomic E-state index is 13.0. The van der Waals surface area contributed by atoms with Gasteiger partial charge < -0.3 is 14.5 Å². The van der Waals surface area contributed by atoms with Crippen LogP contribution in [0, 0.1) is 0 Å². The molecule has 0 aliphatic carbocycles. The summed E-state index contributed by atoms with van der Waals surface area (Å²) in [5.74, 6) is 1.36. The van der Waals surface area contributed by atoms with Crippen molar-refractivity contribution in [3.8, 4) is 5.88 Å².